The third kappa shape index (κ3) is 2.56. The van der Waals surface area contributed by atoms with Crippen LogP contribution in [0.25, 0.3) is 0 Å². The molecule has 0 amide bonds. The molecule has 1 atom stereocenters. The Labute approximate surface area is 77.0 Å². The van der Waals surface area contributed by atoms with E-state index >= 15 is 0 Å². The van der Waals surface area contributed by atoms with Crippen molar-refractivity contribution in [2.75, 3.05) is 5.73 Å². The van der Waals surface area contributed by atoms with Crippen molar-refractivity contribution in [1.82, 2.24) is 0 Å². The van der Waals surface area contributed by atoms with E-state index in [1.54, 1.807) is 12.1 Å². The van der Waals surface area contributed by atoms with Crippen molar-refractivity contribution in [3.63, 3.8) is 0 Å². The topological polar surface area (TPSA) is 52.0 Å². The summed E-state index contributed by atoms with van der Waals surface area (Å²) in [7, 11) is 0. The number of rotatable bonds is 3. The number of halogens is 1. The lowest BCUT2D eigenvalue weighted by atomic mass is 10.0. The maximum Gasteiger partial charge on any atom is 0.125 e. The SMILES string of the molecule is C=CC[C@@H](N)c1cc(N)cc(F)c1. The van der Waals surface area contributed by atoms with Crippen LogP contribution in [0.5, 0.6) is 0 Å². The van der Waals surface area contributed by atoms with Crippen LogP contribution in [-0.4, -0.2) is 0 Å². The van der Waals surface area contributed by atoms with Gasteiger partial charge in [-0.05, 0) is 30.2 Å². The van der Waals surface area contributed by atoms with Crippen molar-refractivity contribution in [1.29, 1.82) is 0 Å². The summed E-state index contributed by atoms with van der Waals surface area (Å²) in [4.78, 5) is 0. The molecule has 0 bridgehead atoms. The van der Waals surface area contributed by atoms with Crippen LogP contribution in [-0.2, 0) is 0 Å². The summed E-state index contributed by atoms with van der Waals surface area (Å²) in [5.74, 6) is -0.352. The molecule has 0 aliphatic rings. The third-order valence-corrected chi connectivity index (χ3v) is 1.79. The highest BCUT2D eigenvalue weighted by atomic mass is 19.1. The average molecular weight is 180 g/mol. The second-order valence-electron chi connectivity index (χ2n) is 2.95. The summed E-state index contributed by atoms with van der Waals surface area (Å²) in [5.41, 5.74) is 12.3. The first-order valence-corrected chi connectivity index (χ1v) is 4.06. The molecule has 13 heavy (non-hydrogen) atoms. The predicted molar refractivity (Wildman–Crippen MR) is 52.6 cm³/mol. The molecule has 0 spiro atoms. The number of anilines is 1. The summed E-state index contributed by atoms with van der Waals surface area (Å²) < 4.78 is 12.9. The van der Waals surface area contributed by atoms with E-state index in [1.165, 1.54) is 12.1 Å². The molecule has 1 aromatic rings. The van der Waals surface area contributed by atoms with Gasteiger partial charge in [-0.15, -0.1) is 6.58 Å². The van der Waals surface area contributed by atoms with E-state index < -0.39 is 0 Å². The molecule has 0 radical (unpaired) electrons. The van der Waals surface area contributed by atoms with Crippen molar-refractivity contribution in [3.8, 4) is 0 Å². The summed E-state index contributed by atoms with van der Waals surface area (Å²) in [5, 5.41) is 0. The molecule has 0 fully saturated rings. The van der Waals surface area contributed by atoms with Crippen LogP contribution < -0.4 is 11.5 Å². The smallest absolute Gasteiger partial charge is 0.125 e. The van der Waals surface area contributed by atoms with Crippen LogP contribution in [0, 0.1) is 5.82 Å². The average Bonchev–Trinajstić information content (AvgIpc) is 2.03. The minimum atomic E-state index is -0.352. The van der Waals surface area contributed by atoms with Gasteiger partial charge >= 0.3 is 0 Å². The number of nitrogens with two attached hydrogens (primary N) is 2. The van der Waals surface area contributed by atoms with Crippen LogP contribution in [0.3, 0.4) is 0 Å². The molecule has 0 unspecified atom stereocenters. The molecule has 1 rings (SSSR count). The molecule has 70 valence electrons. The minimum absolute atomic E-state index is 0.226. The van der Waals surface area contributed by atoms with Crippen LogP contribution in [0.2, 0.25) is 0 Å². The lowest BCUT2D eigenvalue weighted by Crippen LogP contribution is -2.09. The first-order valence-electron chi connectivity index (χ1n) is 4.06. The highest BCUT2D eigenvalue weighted by Crippen LogP contribution is 2.18. The monoisotopic (exact) mass is 180 g/mol. The van der Waals surface area contributed by atoms with Gasteiger partial charge in [0.05, 0.1) is 0 Å². The number of benzene rings is 1. The highest BCUT2D eigenvalue weighted by Gasteiger charge is 2.05. The van der Waals surface area contributed by atoms with Gasteiger partial charge in [-0.25, -0.2) is 4.39 Å². The summed E-state index contributed by atoms with van der Waals surface area (Å²) >= 11 is 0. The fourth-order valence-corrected chi connectivity index (χ4v) is 1.17. The van der Waals surface area contributed by atoms with Crippen LogP contribution in [0.4, 0.5) is 10.1 Å². The van der Waals surface area contributed by atoms with Gasteiger partial charge in [0.2, 0.25) is 0 Å². The second kappa shape index (κ2) is 4.05. The van der Waals surface area contributed by atoms with Crippen molar-refractivity contribution in [2.45, 2.75) is 12.5 Å². The zero-order valence-corrected chi connectivity index (χ0v) is 7.33. The fourth-order valence-electron chi connectivity index (χ4n) is 1.17. The summed E-state index contributed by atoms with van der Waals surface area (Å²) in [6, 6.07) is 4.11. The first-order chi connectivity index (χ1) is 6.13. The van der Waals surface area contributed by atoms with Crippen LogP contribution in [0.15, 0.2) is 30.9 Å². The number of hydrogen-bond acceptors (Lipinski definition) is 2. The van der Waals surface area contributed by atoms with Gasteiger partial charge in [-0.2, -0.15) is 0 Å². The van der Waals surface area contributed by atoms with E-state index in [0.717, 1.165) is 0 Å². The van der Waals surface area contributed by atoms with Crippen molar-refractivity contribution in [3.05, 3.63) is 42.2 Å². The highest BCUT2D eigenvalue weighted by molar-refractivity contribution is 5.42. The molecule has 3 heteroatoms. The molecule has 0 heterocycles. The van der Waals surface area contributed by atoms with E-state index in [0.29, 0.717) is 17.7 Å². The van der Waals surface area contributed by atoms with Crippen molar-refractivity contribution >= 4 is 5.69 Å². The van der Waals surface area contributed by atoms with E-state index in [4.69, 9.17) is 11.5 Å². The Balaban J connectivity index is 2.93. The molecule has 1 aromatic carbocycles. The molecule has 4 N–H and O–H groups in total. The summed E-state index contributed by atoms with van der Waals surface area (Å²) in [6.07, 6.45) is 2.31. The van der Waals surface area contributed by atoms with Gasteiger partial charge < -0.3 is 11.5 Å². The Bertz CT molecular complexity index is 290. The normalized spacial score (nSPS) is 12.5. The van der Waals surface area contributed by atoms with E-state index in [2.05, 4.69) is 6.58 Å². The second-order valence-corrected chi connectivity index (χ2v) is 2.95. The largest absolute Gasteiger partial charge is 0.399 e. The third-order valence-electron chi connectivity index (χ3n) is 1.79. The Morgan fingerprint density at radius 3 is 2.69 bits per heavy atom. The van der Waals surface area contributed by atoms with Crippen LogP contribution in [0.1, 0.15) is 18.0 Å². The van der Waals surface area contributed by atoms with Gasteiger partial charge in [-0.3, -0.25) is 0 Å². The minimum Gasteiger partial charge on any atom is -0.399 e. The lowest BCUT2D eigenvalue weighted by molar-refractivity contribution is 0.620. The zero-order valence-electron chi connectivity index (χ0n) is 7.33. The van der Waals surface area contributed by atoms with Crippen molar-refractivity contribution < 1.29 is 4.39 Å². The zero-order chi connectivity index (χ0) is 9.84. The van der Waals surface area contributed by atoms with Crippen molar-refractivity contribution in [2.24, 2.45) is 5.73 Å². The Hall–Kier alpha value is -1.35. The molecule has 2 nitrogen and oxygen atoms in total. The Morgan fingerprint density at radius 2 is 2.15 bits per heavy atom. The lowest BCUT2D eigenvalue weighted by Gasteiger charge is -2.09. The standard InChI is InChI=1S/C10H13FN2/c1-2-3-10(13)7-4-8(11)6-9(12)5-7/h2,4-6,10H,1,3,12-13H2/t10-/m1/s1. The molecular weight excluding hydrogens is 167 g/mol. The first kappa shape index (κ1) is 9.74. The number of nitrogen functional groups attached to an aromatic ring is 1. The maximum absolute atomic E-state index is 12.9. The van der Waals surface area contributed by atoms with Gasteiger partial charge in [0, 0.05) is 11.7 Å². The van der Waals surface area contributed by atoms with E-state index in [9.17, 15) is 4.39 Å². The van der Waals surface area contributed by atoms with E-state index in [1.807, 2.05) is 0 Å². The van der Waals surface area contributed by atoms with Gasteiger partial charge in [-0.1, -0.05) is 6.08 Å². The molecule has 0 aliphatic heterocycles. The number of hydrogen-bond donors (Lipinski definition) is 2. The summed E-state index contributed by atoms with van der Waals surface area (Å²) in [6.45, 7) is 3.57. The molecule has 0 saturated carbocycles. The van der Waals surface area contributed by atoms with Gasteiger partial charge in [0.1, 0.15) is 5.82 Å². The van der Waals surface area contributed by atoms with Crippen LogP contribution >= 0.6 is 0 Å². The Morgan fingerprint density at radius 1 is 1.46 bits per heavy atom. The quantitative estimate of drug-likeness (QED) is 0.552. The molecule has 0 aromatic heterocycles. The molecular formula is C10H13FN2. The fraction of sp³-hybridized carbons (Fsp3) is 0.200. The molecule has 0 saturated heterocycles. The maximum atomic E-state index is 12.9. The van der Waals surface area contributed by atoms with Gasteiger partial charge in [0.25, 0.3) is 0 Å². The molecule has 0 aliphatic carbocycles. The predicted octanol–water partition coefficient (Wildman–Crippen LogP) is 1.98. The Kier molecular flexibility index (Phi) is 3.03. The van der Waals surface area contributed by atoms with E-state index in [-0.39, 0.29) is 11.9 Å². The van der Waals surface area contributed by atoms with Gasteiger partial charge in [0.15, 0.2) is 0 Å².